The third-order valence-corrected chi connectivity index (χ3v) is 3.05. The summed E-state index contributed by atoms with van der Waals surface area (Å²) in [5.74, 6) is 2.65. The first-order chi connectivity index (χ1) is 5.56. The van der Waals surface area contributed by atoms with Crippen LogP contribution < -0.4 is 0 Å². The van der Waals surface area contributed by atoms with Crippen molar-refractivity contribution in [1.29, 1.82) is 0 Å². The molecule has 0 radical (unpaired) electrons. The molecule has 0 atom stereocenters. The first kappa shape index (κ1) is 11.5. The van der Waals surface area contributed by atoms with Crippen LogP contribution in [-0.4, -0.2) is 8.07 Å². The van der Waals surface area contributed by atoms with E-state index in [0.717, 1.165) is 19.3 Å². The maximum atomic E-state index is 5.15. The van der Waals surface area contributed by atoms with E-state index < -0.39 is 8.07 Å². The lowest BCUT2D eigenvalue weighted by Crippen LogP contribution is -2.17. The zero-order valence-electron chi connectivity index (χ0n) is 8.56. The normalized spacial score (nSPS) is 11.8. The highest BCUT2D eigenvalue weighted by atomic mass is 28.3. The molecule has 0 aromatic carbocycles. The molecule has 0 saturated carbocycles. The second-order valence-electron chi connectivity index (χ2n) is 4.33. The SMILES string of the molecule is C#CCCC/C=C/C[Si](C)(C)C. The highest BCUT2D eigenvalue weighted by Crippen LogP contribution is 2.09. The van der Waals surface area contributed by atoms with Crippen LogP contribution in [0.5, 0.6) is 0 Å². The van der Waals surface area contributed by atoms with E-state index in [0.29, 0.717) is 0 Å². The Morgan fingerprint density at radius 3 is 2.42 bits per heavy atom. The Labute approximate surface area is 78.1 Å². The molecule has 1 heteroatoms. The van der Waals surface area contributed by atoms with Crippen molar-refractivity contribution in [2.75, 3.05) is 0 Å². The number of rotatable bonds is 5. The van der Waals surface area contributed by atoms with E-state index in [4.69, 9.17) is 6.42 Å². The summed E-state index contributed by atoms with van der Waals surface area (Å²) in [6, 6.07) is 1.29. The minimum atomic E-state index is -0.853. The van der Waals surface area contributed by atoms with Gasteiger partial charge in [0.05, 0.1) is 0 Å². The van der Waals surface area contributed by atoms with Crippen molar-refractivity contribution in [1.82, 2.24) is 0 Å². The summed E-state index contributed by atoms with van der Waals surface area (Å²) in [7, 11) is -0.853. The van der Waals surface area contributed by atoms with Gasteiger partial charge in [-0.15, -0.1) is 12.3 Å². The zero-order valence-corrected chi connectivity index (χ0v) is 9.56. The molecule has 0 aliphatic heterocycles. The van der Waals surface area contributed by atoms with E-state index in [1.807, 2.05) is 0 Å². The van der Waals surface area contributed by atoms with Gasteiger partial charge in [-0.2, -0.15) is 0 Å². The van der Waals surface area contributed by atoms with Gasteiger partial charge in [0.1, 0.15) is 0 Å². The van der Waals surface area contributed by atoms with Gasteiger partial charge in [0.15, 0.2) is 0 Å². The summed E-state index contributed by atoms with van der Waals surface area (Å²) in [6.07, 6.45) is 12.9. The van der Waals surface area contributed by atoms with Gasteiger partial charge < -0.3 is 0 Å². The molecule has 0 fully saturated rings. The molecule has 0 aromatic rings. The Kier molecular flexibility index (Phi) is 5.83. The van der Waals surface area contributed by atoms with Crippen LogP contribution in [-0.2, 0) is 0 Å². The van der Waals surface area contributed by atoms with Gasteiger partial charge in [0.25, 0.3) is 0 Å². The van der Waals surface area contributed by atoms with Crippen molar-refractivity contribution < 1.29 is 0 Å². The molecule has 0 aliphatic rings. The molecule has 0 spiro atoms. The summed E-state index contributed by atoms with van der Waals surface area (Å²) in [6.45, 7) is 7.16. The molecule has 0 saturated heterocycles. The smallest absolute Gasteiger partial charge is 0.0480 e. The van der Waals surface area contributed by atoms with E-state index in [1.165, 1.54) is 6.04 Å². The lowest BCUT2D eigenvalue weighted by Gasteiger charge is -2.11. The quantitative estimate of drug-likeness (QED) is 0.262. The topological polar surface area (TPSA) is 0 Å². The highest BCUT2D eigenvalue weighted by Gasteiger charge is 2.08. The van der Waals surface area contributed by atoms with Crippen LogP contribution in [0.25, 0.3) is 0 Å². The van der Waals surface area contributed by atoms with Crippen LogP contribution in [0, 0.1) is 12.3 Å². The maximum absolute atomic E-state index is 5.15. The van der Waals surface area contributed by atoms with E-state index >= 15 is 0 Å². The van der Waals surface area contributed by atoms with Crippen molar-refractivity contribution in [2.24, 2.45) is 0 Å². The van der Waals surface area contributed by atoms with Crippen molar-refractivity contribution in [2.45, 2.75) is 44.9 Å². The second-order valence-corrected chi connectivity index (χ2v) is 9.86. The number of allylic oxidation sites excluding steroid dienone is 2. The molecule has 0 aromatic heterocycles. The molecule has 0 aliphatic carbocycles. The van der Waals surface area contributed by atoms with Crippen LogP contribution in [0.1, 0.15) is 19.3 Å². The van der Waals surface area contributed by atoms with Crippen LogP contribution in [0.15, 0.2) is 12.2 Å². The first-order valence-electron chi connectivity index (χ1n) is 4.65. The van der Waals surface area contributed by atoms with E-state index in [1.54, 1.807) is 0 Å². The third-order valence-electron chi connectivity index (χ3n) is 1.59. The van der Waals surface area contributed by atoms with Crippen molar-refractivity contribution >= 4 is 8.07 Å². The molecule has 0 amide bonds. The van der Waals surface area contributed by atoms with Gasteiger partial charge >= 0.3 is 0 Å². The molecule has 0 N–H and O–H groups in total. The molecule has 0 unspecified atom stereocenters. The summed E-state index contributed by atoms with van der Waals surface area (Å²) < 4.78 is 0. The van der Waals surface area contributed by atoms with Gasteiger partial charge in [-0.1, -0.05) is 31.8 Å². The third kappa shape index (κ3) is 9.52. The van der Waals surface area contributed by atoms with Crippen LogP contribution in [0.2, 0.25) is 25.7 Å². The molecule has 0 bridgehead atoms. The molecule has 12 heavy (non-hydrogen) atoms. The monoisotopic (exact) mass is 180 g/mol. The Morgan fingerprint density at radius 1 is 1.25 bits per heavy atom. The Hall–Kier alpha value is -0.483. The van der Waals surface area contributed by atoms with E-state index in [-0.39, 0.29) is 0 Å². The summed E-state index contributed by atoms with van der Waals surface area (Å²) >= 11 is 0. The number of terminal acetylenes is 1. The molecule has 0 rings (SSSR count). The minimum absolute atomic E-state index is 0.853. The Balaban J connectivity index is 3.33. The highest BCUT2D eigenvalue weighted by molar-refractivity contribution is 6.76. The standard InChI is InChI=1S/C11H20Si/c1-5-6-7-8-9-10-11-12(2,3)4/h1,9-10H,6-8,11H2,2-4H3/b10-9+. The van der Waals surface area contributed by atoms with Gasteiger partial charge in [-0.3, -0.25) is 0 Å². The van der Waals surface area contributed by atoms with Gasteiger partial charge in [-0.05, 0) is 18.9 Å². The fourth-order valence-corrected chi connectivity index (χ4v) is 1.75. The van der Waals surface area contributed by atoms with Crippen molar-refractivity contribution in [3.05, 3.63) is 12.2 Å². The average Bonchev–Trinajstić information content (AvgIpc) is 1.94. The predicted octanol–water partition coefficient (Wildman–Crippen LogP) is 3.68. The van der Waals surface area contributed by atoms with Crippen LogP contribution in [0.3, 0.4) is 0 Å². The second kappa shape index (κ2) is 6.08. The number of unbranched alkanes of at least 4 members (excludes halogenated alkanes) is 2. The lowest BCUT2D eigenvalue weighted by atomic mass is 10.2. The summed E-state index contributed by atoms with van der Waals surface area (Å²) in [5, 5.41) is 0. The summed E-state index contributed by atoms with van der Waals surface area (Å²) in [4.78, 5) is 0. The molecule has 0 heterocycles. The number of hydrogen-bond acceptors (Lipinski definition) is 0. The fraction of sp³-hybridized carbons (Fsp3) is 0.636. The fourth-order valence-electron chi connectivity index (χ4n) is 0.877. The minimum Gasteiger partial charge on any atom is -0.120 e. The largest absolute Gasteiger partial charge is 0.120 e. The molecular formula is C11H20Si. The van der Waals surface area contributed by atoms with Gasteiger partial charge in [0, 0.05) is 14.5 Å². The average molecular weight is 180 g/mol. The van der Waals surface area contributed by atoms with E-state index in [9.17, 15) is 0 Å². The number of hydrogen-bond donors (Lipinski definition) is 0. The maximum Gasteiger partial charge on any atom is 0.0480 e. The molecule has 0 nitrogen and oxygen atoms in total. The zero-order chi connectivity index (χ0) is 9.45. The van der Waals surface area contributed by atoms with Gasteiger partial charge in [-0.25, -0.2) is 0 Å². The molecular weight excluding hydrogens is 160 g/mol. The predicted molar refractivity (Wildman–Crippen MR) is 60.0 cm³/mol. The first-order valence-corrected chi connectivity index (χ1v) is 8.35. The van der Waals surface area contributed by atoms with Crippen LogP contribution in [0.4, 0.5) is 0 Å². The van der Waals surface area contributed by atoms with E-state index in [2.05, 4.69) is 37.7 Å². The Bertz CT molecular complexity index is 166. The van der Waals surface area contributed by atoms with Crippen LogP contribution >= 0.6 is 0 Å². The summed E-state index contributed by atoms with van der Waals surface area (Å²) in [5.41, 5.74) is 0. The van der Waals surface area contributed by atoms with Crippen molar-refractivity contribution in [3.63, 3.8) is 0 Å². The lowest BCUT2D eigenvalue weighted by molar-refractivity contribution is 0.884. The Morgan fingerprint density at radius 2 is 1.92 bits per heavy atom. The van der Waals surface area contributed by atoms with Gasteiger partial charge in [0.2, 0.25) is 0 Å². The molecule has 68 valence electrons. The van der Waals surface area contributed by atoms with Crippen molar-refractivity contribution in [3.8, 4) is 12.3 Å².